The Morgan fingerprint density at radius 1 is 1.15 bits per heavy atom. The van der Waals surface area contributed by atoms with Crippen LogP contribution in [0.5, 0.6) is 0 Å². The summed E-state index contributed by atoms with van der Waals surface area (Å²) in [5.74, 6) is 3.24. The molecule has 0 nitrogen and oxygen atoms in total. The van der Waals surface area contributed by atoms with Crippen molar-refractivity contribution in [2.24, 2.45) is 5.92 Å². The lowest BCUT2D eigenvalue weighted by Crippen LogP contribution is -2.43. The Morgan fingerprint density at radius 3 is 3.00 bits per heavy atom. The molecular weight excluding hydrogens is 264 g/mol. The zero-order valence-corrected chi connectivity index (χ0v) is 12.4. The third-order valence-electron chi connectivity index (χ3n) is 6.06. The summed E-state index contributed by atoms with van der Waals surface area (Å²) in [5.41, 5.74) is 9.84. The predicted octanol–water partition coefficient (Wildman–Crippen LogP) is 5.18. The Kier molecular flexibility index (Phi) is 2.33. The van der Waals surface area contributed by atoms with Crippen molar-refractivity contribution in [3.8, 4) is 0 Å². The van der Waals surface area contributed by atoms with Crippen molar-refractivity contribution in [2.75, 3.05) is 5.88 Å². The van der Waals surface area contributed by atoms with E-state index in [0.29, 0.717) is 0 Å². The molecule has 0 bridgehead atoms. The molecule has 0 aromatic heterocycles. The van der Waals surface area contributed by atoms with Crippen LogP contribution in [0.4, 0.5) is 0 Å². The Bertz CT molecular complexity index is 665. The quantitative estimate of drug-likeness (QED) is 0.623. The van der Waals surface area contributed by atoms with Crippen LogP contribution in [0.25, 0.3) is 5.57 Å². The molecule has 0 amide bonds. The summed E-state index contributed by atoms with van der Waals surface area (Å²) >= 11 is 6.08. The van der Waals surface area contributed by atoms with Gasteiger partial charge in [0.2, 0.25) is 0 Å². The highest BCUT2D eigenvalue weighted by Gasteiger charge is 2.52. The number of hydrogen-bond donors (Lipinski definition) is 0. The summed E-state index contributed by atoms with van der Waals surface area (Å²) in [5, 5.41) is 0. The molecule has 0 N–H and O–H groups in total. The van der Waals surface area contributed by atoms with Gasteiger partial charge in [-0.25, -0.2) is 0 Å². The molecule has 3 unspecified atom stereocenters. The van der Waals surface area contributed by atoms with Crippen LogP contribution in [0.1, 0.15) is 59.8 Å². The zero-order valence-electron chi connectivity index (χ0n) is 11.7. The van der Waals surface area contributed by atoms with E-state index in [4.69, 9.17) is 11.6 Å². The third kappa shape index (κ3) is 1.29. The van der Waals surface area contributed by atoms with Crippen LogP contribution < -0.4 is 0 Å². The van der Waals surface area contributed by atoms with Crippen molar-refractivity contribution in [2.45, 2.75) is 43.9 Å². The average Bonchev–Trinajstić information content (AvgIpc) is 2.47. The molecule has 1 aromatic rings. The van der Waals surface area contributed by atoms with Crippen LogP contribution in [-0.4, -0.2) is 5.88 Å². The van der Waals surface area contributed by atoms with Gasteiger partial charge in [-0.05, 0) is 77.7 Å². The first-order valence-corrected chi connectivity index (χ1v) is 8.52. The second-order valence-electron chi connectivity index (χ2n) is 6.84. The molecule has 0 radical (unpaired) electrons. The molecule has 20 heavy (non-hydrogen) atoms. The standard InChI is InChI=1S/C19H19Cl/c20-10-12-9-17-18(12)16-8-7-14-13-4-2-1-3-11(13)5-6-15(14)19(16)17/h2,4,7-8,12,17-18H,1,3,5-6,9-10H2. The lowest BCUT2D eigenvalue weighted by atomic mass is 9.49. The highest BCUT2D eigenvalue weighted by Crippen LogP contribution is 2.65. The van der Waals surface area contributed by atoms with Crippen molar-refractivity contribution < 1.29 is 0 Å². The van der Waals surface area contributed by atoms with Crippen LogP contribution in [-0.2, 0) is 6.42 Å². The van der Waals surface area contributed by atoms with Gasteiger partial charge in [0, 0.05) is 5.88 Å². The number of hydrogen-bond acceptors (Lipinski definition) is 0. The smallest absolute Gasteiger partial charge is 0.0258 e. The van der Waals surface area contributed by atoms with E-state index in [-0.39, 0.29) is 0 Å². The topological polar surface area (TPSA) is 0 Å². The normalized spacial score (nSPS) is 32.5. The first-order chi connectivity index (χ1) is 9.88. The van der Waals surface area contributed by atoms with E-state index < -0.39 is 0 Å². The van der Waals surface area contributed by atoms with E-state index in [0.717, 1.165) is 23.6 Å². The first-order valence-electron chi connectivity index (χ1n) is 7.99. The molecule has 1 heteroatoms. The second-order valence-corrected chi connectivity index (χ2v) is 7.14. The van der Waals surface area contributed by atoms with Crippen molar-refractivity contribution >= 4 is 17.2 Å². The molecule has 0 heterocycles. The van der Waals surface area contributed by atoms with Gasteiger partial charge in [-0.15, -0.1) is 11.6 Å². The fraction of sp³-hybridized carbons (Fsp3) is 0.474. The van der Waals surface area contributed by atoms with Gasteiger partial charge in [0.1, 0.15) is 0 Å². The Hall–Kier alpha value is -1.01. The Labute approximate surface area is 125 Å². The number of benzene rings is 1. The fourth-order valence-electron chi connectivity index (χ4n) is 5.04. The summed E-state index contributed by atoms with van der Waals surface area (Å²) in [6.07, 6.45) is 11.1. The van der Waals surface area contributed by atoms with Crippen LogP contribution in [0, 0.1) is 5.92 Å². The number of alkyl halides is 1. The maximum Gasteiger partial charge on any atom is 0.0258 e. The number of halogens is 1. The van der Waals surface area contributed by atoms with Crippen LogP contribution >= 0.6 is 11.6 Å². The number of rotatable bonds is 1. The minimum atomic E-state index is 0.750. The van der Waals surface area contributed by atoms with Crippen molar-refractivity contribution in [3.63, 3.8) is 0 Å². The molecule has 4 aliphatic carbocycles. The largest absolute Gasteiger partial charge is 0.126 e. The summed E-state index contributed by atoms with van der Waals surface area (Å²) in [6.45, 7) is 0. The molecule has 0 saturated heterocycles. The van der Waals surface area contributed by atoms with Gasteiger partial charge in [-0.3, -0.25) is 0 Å². The van der Waals surface area contributed by atoms with Crippen LogP contribution in [0.2, 0.25) is 0 Å². The van der Waals surface area contributed by atoms with Gasteiger partial charge in [-0.1, -0.05) is 29.9 Å². The Balaban J connectivity index is 1.64. The van der Waals surface area contributed by atoms with Crippen LogP contribution in [0.3, 0.4) is 0 Å². The summed E-state index contributed by atoms with van der Waals surface area (Å²) in [7, 11) is 0. The molecule has 102 valence electrons. The van der Waals surface area contributed by atoms with Gasteiger partial charge in [-0.2, -0.15) is 0 Å². The monoisotopic (exact) mass is 282 g/mol. The third-order valence-corrected chi connectivity index (χ3v) is 6.46. The molecular formula is C19H19Cl. The average molecular weight is 283 g/mol. The van der Waals surface area contributed by atoms with Gasteiger partial charge >= 0.3 is 0 Å². The van der Waals surface area contributed by atoms with Crippen molar-refractivity contribution in [1.82, 2.24) is 0 Å². The number of allylic oxidation sites excluding steroid dienone is 4. The fourth-order valence-corrected chi connectivity index (χ4v) is 5.36. The van der Waals surface area contributed by atoms with E-state index in [9.17, 15) is 0 Å². The van der Waals surface area contributed by atoms with Crippen molar-refractivity contribution in [3.05, 3.63) is 52.1 Å². The number of fused-ring (bicyclic) bond motifs is 7. The second kappa shape index (κ2) is 4.01. The maximum atomic E-state index is 6.08. The zero-order chi connectivity index (χ0) is 13.3. The highest BCUT2D eigenvalue weighted by atomic mass is 35.5. The summed E-state index contributed by atoms with van der Waals surface area (Å²) < 4.78 is 0. The van der Waals surface area contributed by atoms with E-state index in [2.05, 4.69) is 24.3 Å². The first kappa shape index (κ1) is 11.6. The highest BCUT2D eigenvalue weighted by molar-refractivity contribution is 6.18. The predicted molar refractivity (Wildman–Crippen MR) is 84.4 cm³/mol. The van der Waals surface area contributed by atoms with Gasteiger partial charge < -0.3 is 0 Å². The molecule has 0 aliphatic heterocycles. The molecule has 1 fully saturated rings. The van der Waals surface area contributed by atoms with Gasteiger partial charge in [0.25, 0.3) is 0 Å². The minimum Gasteiger partial charge on any atom is -0.126 e. The SMILES string of the molecule is ClCC1CC2c3c(ccc4c3CCC3=C4C=CCC3)C12. The summed E-state index contributed by atoms with van der Waals surface area (Å²) in [6, 6.07) is 4.81. The van der Waals surface area contributed by atoms with Crippen molar-refractivity contribution in [1.29, 1.82) is 0 Å². The van der Waals surface area contributed by atoms with E-state index >= 15 is 0 Å². The van der Waals surface area contributed by atoms with E-state index in [1.807, 2.05) is 0 Å². The molecule has 3 atom stereocenters. The lowest BCUT2D eigenvalue weighted by molar-refractivity contribution is 0.188. The lowest BCUT2D eigenvalue weighted by Gasteiger charge is -2.55. The van der Waals surface area contributed by atoms with Gasteiger partial charge in [0.15, 0.2) is 0 Å². The van der Waals surface area contributed by atoms with Gasteiger partial charge in [0.05, 0.1) is 0 Å². The Morgan fingerprint density at radius 2 is 2.10 bits per heavy atom. The van der Waals surface area contributed by atoms with E-state index in [1.54, 1.807) is 33.4 Å². The van der Waals surface area contributed by atoms with Crippen LogP contribution in [0.15, 0.2) is 29.9 Å². The molecule has 0 spiro atoms. The maximum absolute atomic E-state index is 6.08. The summed E-state index contributed by atoms with van der Waals surface area (Å²) in [4.78, 5) is 0. The molecule has 1 aromatic carbocycles. The van der Waals surface area contributed by atoms with E-state index in [1.165, 1.54) is 32.1 Å². The minimum absolute atomic E-state index is 0.750. The molecule has 5 rings (SSSR count). The molecule has 4 aliphatic rings. The molecule has 1 saturated carbocycles.